The average Bonchev–Trinajstić information content (AvgIpc) is 3.00. The highest BCUT2D eigenvalue weighted by molar-refractivity contribution is 5.87. The van der Waals surface area contributed by atoms with Crippen LogP contribution >= 0.6 is 0 Å². The lowest BCUT2D eigenvalue weighted by Crippen LogP contribution is -2.64. The van der Waals surface area contributed by atoms with Crippen molar-refractivity contribution in [2.45, 2.75) is 82.8 Å². The first kappa shape index (κ1) is 21.8. The molecule has 0 spiro atoms. The molecular formula is C24H36N6O2. The minimum atomic E-state index is -1.08. The topological polar surface area (TPSA) is 140 Å². The molecule has 1 aromatic rings. The Kier molecular flexibility index (Phi) is 4.91. The highest BCUT2D eigenvalue weighted by Crippen LogP contribution is 2.71. The van der Waals surface area contributed by atoms with Gasteiger partial charge >= 0.3 is 0 Å². The predicted molar refractivity (Wildman–Crippen MR) is 122 cm³/mol. The maximum absolute atomic E-state index is 12.3. The van der Waals surface area contributed by atoms with Crippen molar-refractivity contribution in [1.82, 2.24) is 15.6 Å². The van der Waals surface area contributed by atoms with E-state index in [-0.39, 0.29) is 17.3 Å². The second kappa shape index (κ2) is 7.22. The molecule has 7 atom stereocenters. The molecular weight excluding hydrogens is 404 g/mol. The average molecular weight is 441 g/mol. The first-order valence-corrected chi connectivity index (χ1v) is 12.0. The van der Waals surface area contributed by atoms with Gasteiger partial charge in [0.2, 0.25) is 5.96 Å². The van der Waals surface area contributed by atoms with Crippen LogP contribution in [0, 0.1) is 34.0 Å². The summed E-state index contributed by atoms with van der Waals surface area (Å²) in [7, 11) is 0. The summed E-state index contributed by atoms with van der Waals surface area (Å²) < 4.78 is 0. The molecule has 5 rings (SSSR count). The summed E-state index contributed by atoms with van der Waals surface area (Å²) in [5, 5.41) is 43.9. The maximum Gasteiger partial charge on any atom is 0.206 e. The van der Waals surface area contributed by atoms with Gasteiger partial charge in [-0.1, -0.05) is 13.8 Å². The summed E-state index contributed by atoms with van der Waals surface area (Å²) in [4.78, 5) is 0. The molecule has 0 saturated heterocycles. The number of hydrogen-bond donors (Lipinski definition) is 5. The number of nitrogens with zero attached hydrogens (tertiary/aromatic N) is 3. The standard InChI is InChI=1S/C24H36N6O2/c1-21-8-5-17(29-30-20(25)26)13-15(21)3-4-19-18(21)6-9-22(2)23(31,10-11-24(19,22)32)16-7-12-27-28-14-16/h7,12,14-15,18-19,31-32H,3-6,8-11,13H2,1-2H3,(H4,25,26,30)/b29-17+/t15-,18+,19-,21+,22-,23+,24+/m1/s1. The quantitative estimate of drug-likeness (QED) is 0.272. The second-order valence-electron chi connectivity index (χ2n) is 11.2. The van der Waals surface area contributed by atoms with Gasteiger partial charge in [-0.2, -0.15) is 15.3 Å². The molecule has 32 heavy (non-hydrogen) atoms. The fraction of sp³-hybridized carbons (Fsp3) is 0.750. The zero-order valence-corrected chi connectivity index (χ0v) is 19.1. The Hall–Kier alpha value is -2.06. The van der Waals surface area contributed by atoms with Gasteiger partial charge in [-0.25, -0.2) is 5.43 Å². The van der Waals surface area contributed by atoms with Crippen molar-refractivity contribution in [2.75, 3.05) is 0 Å². The molecule has 0 unspecified atom stereocenters. The SMILES string of the molecule is C[C@]12CC/C(=N\NC(=N)N)C[C@H]1CC[C@@H]1[C@@H]2CC[C@]2(C)[C@@](O)(c3ccnnc3)CC[C@]12O. The summed E-state index contributed by atoms with van der Waals surface area (Å²) in [6.07, 6.45) is 11.2. The lowest BCUT2D eigenvalue weighted by atomic mass is 9.43. The van der Waals surface area contributed by atoms with Crippen LogP contribution in [0.3, 0.4) is 0 Å². The van der Waals surface area contributed by atoms with Crippen LogP contribution in [0.2, 0.25) is 0 Å². The normalized spacial score (nSPS) is 46.8. The van der Waals surface area contributed by atoms with Gasteiger partial charge in [0, 0.05) is 22.9 Å². The summed E-state index contributed by atoms with van der Waals surface area (Å²) >= 11 is 0. The van der Waals surface area contributed by atoms with Crippen LogP contribution < -0.4 is 11.2 Å². The van der Waals surface area contributed by atoms with Crippen LogP contribution in [0.5, 0.6) is 0 Å². The lowest BCUT2D eigenvalue weighted by Gasteiger charge is -2.64. The van der Waals surface area contributed by atoms with Gasteiger partial charge in [-0.05, 0) is 87.0 Å². The Morgan fingerprint density at radius 2 is 1.94 bits per heavy atom. The van der Waals surface area contributed by atoms with Gasteiger partial charge in [-0.15, -0.1) is 0 Å². The minimum absolute atomic E-state index is 0.124. The third-order valence-corrected chi connectivity index (χ3v) is 10.2. The Morgan fingerprint density at radius 3 is 2.66 bits per heavy atom. The monoisotopic (exact) mass is 440 g/mol. The van der Waals surface area contributed by atoms with Gasteiger partial charge in [-0.3, -0.25) is 5.41 Å². The van der Waals surface area contributed by atoms with Gasteiger partial charge in [0.15, 0.2) is 0 Å². The number of aromatic nitrogens is 2. The Bertz CT molecular complexity index is 940. The Balaban J connectivity index is 1.43. The number of hydrogen-bond acceptors (Lipinski definition) is 6. The number of aliphatic hydroxyl groups is 2. The summed E-state index contributed by atoms with van der Waals surface area (Å²) in [6.45, 7) is 4.52. The summed E-state index contributed by atoms with van der Waals surface area (Å²) in [6, 6.07) is 1.85. The number of guanidine groups is 1. The molecule has 6 N–H and O–H groups in total. The number of hydrazone groups is 1. The van der Waals surface area contributed by atoms with Crippen molar-refractivity contribution >= 4 is 11.7 Å². The Labute approximate surface area is 189 Å². The van der Waals surface area contributed by atoms with E-state index < -0.39 is 16.6 Å². The molecule has 0 amide bonds. The van der Waals surface area contributed by atoms with Crippen molar-refractivity contribution < 1.29 is 10.2 Å². The van der Waals surface area contributed by atoms with Crippen LogP contribution in [0.25, 0.3) is 0 Å². The molecule has 8 nitrogen and oxygen atoms in total. The third-order valence-electron chi connectivity index (χ3n) is 10.2. The molecule has 4 saturated carbocycles. The lowest BCUT2D eigenvalue weighted by molar-refractivity contribution is -0.233. The number of nitrogens with two attached hydrogens (primary N) is 1. The molecule has 1 heterocycles. The fourth-order valence-corrected chi connectivity index (χ4v) is 8.28. The van der Waals surface area contributed by atoms with Gasteiger partial charge in [0.05, 0.1) is 17.4 Å². The second-order valence-corrected chi connectivity index (χ2v) is 11.2. The third kappa shape index (κ3) is 2.81. The maximum atomic E-state index is 12.3. The van der Waals surface area contributed by atoms with E-state index in [0.29, 0.717) is 24.7 Å². The van der Waals surface area contributed by atoms with E-state index in [1.807, 2.05) is 6.07 Å². The van der Waals surface area contributed by atoms with Crippen LogP contribution in [0.4, 0.5) is 0 Å². The molecule has 4 fully saturated rings. The fourth-order valence-electron chi connectivity index (χ4n) is 8.28. The Morgan fingerprint density at radius 1 is 1.12 bits per heavy atom. The van der Waals surface area contributed by atoms with Crippen LogP contribution in [0.1, 0.15) is 77.2 Å². The van der Waals surface area contributed by atoms with Crippen molar-refractivity contribution in [3.05, 3.63) is 24.0 Å². The summed E-state index contributed by atoms with van der Waals surface area (Å²) in [5.74, 6) is 1.05. The minimum Gasteiger partial charge on any atom is -0.389 e. The van der Waals surface area contributed by atoms with Gasteiger partial charge < -0.3 is 15.9 Å². The molecule has 8 heteroatoms. The molecule has 0 radical (unpaired) electrons. The number of rotatable bonds is 2. The van der Waals surface area contributed by atoms with Crippen molar-refractivity contribution in [2.24, 2.45) is 39.4 Å². The van der Waals surface area contributed by atoms with E-state index in [1.54, 1.807) is 12.4 Å². The first-order valence-electron chi connectivity index (χ1n) is 12.0. The van der Waals surface area contributed by atoms with Crippen molar-refractivity contribution in [3.8, 4) is 0 Å². The van der Waals surface area contributed by atoms with E-state index in [0.717, 1.165) is 56.2 Å². The number of fused-ring (bicyclic) bond motifs is 5. The molecule has 0 aromatic carbocycles. The molecule has 0 bridgehead atoms. The van der Waals surface area contributed by atoms with Gasteiger partial charge in [0.1, 0.15) is 0 Å². The van der Waals surface area contributed by atoms with E-state index in [1.165, 1.54) is 0 Å². The van der Waals surface area contributed by atoms with E-state index in [9.17, 15) is 10.2 Å². The number of nitrogens with one attached hydrogen (secondary N) is 2. The zero-order valence-electron chi connectivity index (χ0n) is 19.1. The molecule has 4 aliphatic carbocycles. The van der Waals surface area contributed by atoms with E-state index in [2.05, 4.69) is 34.6 Å². The predicted octanol–water partition coefficient (Wildman–Crippen LogP) is 2.66. The zero-order chi connectivity index (χ0) is 22.8. The van der Waals surface area contributed by atoms with Crippen molar-refractivity contribution in [3.63, 3.8) is 0 Å². The highest BCUT2D eigenvalue weighted by Gasteiger charge is 2.72. The molecule has 0 aliphatic heterocycles. The molecule has 174 valence electrons. The summed E-state index contributed by atoms with van der Waals surface area (Å²) in [5.41, 5.74) is 7.50. The smallest absolute Gasteiger partial charge is 0.206 e. The largest absolute Gasteiger partial charge is 0.389 e. The van der Waals surface area contributed by atoms with Crippen molar-refractivity contribution in [1.29, 1.82) is 5.41 Å². The van der Waals surface area contributed by atoms with Crippen LogP contribution in [-0.4, -0.2) is 37.7 Å². The first-order chi connectivity index (χ1) is 15.1. The highest BCUT2D eigenvalue weighted by atomic mass is 16.3. The van der Waals surface area contributed by atoms with Gasteiger partial charge in [0.25, 0.3) is 0 Å². The van der Waals surface area contributed by atoms with Crippen LogP contribution in [0.15, 0.2) is 23.6 Å². The molecule has 1 aromatic heterocycles. The van der Waals surface area contributed by atoms with Crippen LogP contribution in [-0.2, 0) is 5.60 Å². The molecule has 4 aliphatic rings. The van der Waals surface area contributed by atoms with E-state index >= 15 is 0 Å². The van der Waals surface area contributed by atoms with E-state index in [4.69, 9.17) is 11.1 Å².